The van der Waals surface area contributed by atoms with Crippen molar-refractivity contribution in [1.82, 2.24) is 5.32 Å². The molecule has 2 unspecified atom stereocenters. The van der Waals surface area contributed by atoms with E-state index >= 15 is 0 Å². The molecule has 1 aromatic rings. The summed E-state index contributed by atoms with van der Waals surface area (Å²) in [5, 5.41) is 13.2. The Morgan fingerprint density at radius 1 is 1.30 bits per heavy atom. The molecular weight excluding hydrogens is 258 g/mol. The van der Waals surface area contributed by atoms with Gasteiger partial charge in [-0.15, -0.1) is 0 Å². The molecule has 1 aliphatic carbocycles. The molecule has 1 fully saturated rings. The Labute approximate surface area is 118 Å². The maximum atomic E-state index is 9.91. The number of rotatable bonds is 5. The lowest BCUT2D eigenvalue weighted by Crippen LogP contribution is -2.26. The fraction of sp³-hybridized carbons (Fsp3) is 0.600. The molecule has 2 N–H and O–H groups in total. The minimum atomic E-state index is -0.368. The topological polar surface area (TPSA) is 60.0 Å². The van der Waals surface area contributed by atoms with Gasteiger partial charge in [-0.3, -0.25) is 0 Å². The van der Waals surface area contributed by atoms with Gasteiger partial charge >= 0.3 is 0 Å². The van der Waals surface area contributed by atoms with Gasteiger partial charge in [0.15, 0.2) is 11.5 Å². The molecule has 20 heavy (non-hydrogen) atoms. The van der Waals surface area contributed by atoms with Crippen LogP contribution in [0.15, 0.2) is 12.1 Å². The Morgan fingerprint density at radius 2 is 2.10 bits per heavy atom. The first-order valence-corrected chi connectivity index (χ1v) is 7.26. The summed E-state index contributed by atoms with van der Waals surface area (Å²) in [4.78, 5) is 0. The van der Waals surface area contributed by atoms with Gasteiger partial charge in [-0.05, 0) is 31.9 Å². The number of aliphatic hydroxyl groups is 1. The van der Waals surface area contributed by atoms with Crippen molar-refractivity contribution in [3.8, 4) is 17.2 Å². The van der Waals surface area contributed by atoms with Gasteiger partial charge in [0.05, 0.1) is 6.10 Å². The van der Waals surface area contributed by atoms with Gasteiger partial charge in [0.1, 0.15) is 11.9 Å². The Kier molecular flexibility index (Phi) is 3.98. The lowest BCUT2D eigenvalue weighted by molar-refractivity contribution is 0.0596. The van der Waals surface area contributed by atoms with Crippen LogP contribution in [0.1, 0.15) is 31.7 Å². The van der Waals surface area contributed by atoms with Crippen molar-refractivity contribution in [2.24, 2.45) is 0 Å². The van der Waals surface area contributed by atoms with Crippen LogP contribution in [-0.4, -0.2) is 30.7 Å². The number of aliphatic hydroxyl groups excluding tert-OH is 1. The minimum absolute atomic E-state index is 0.115. The number of hydrogen-bond donors (Lipinski definition) is 2. The summed E-state index contributed by atoms with van der Waals surface area (Å²) in [5.41, 5.74) is 1.04. The van der Waals surface area contributed by atoms with E-state index in [0.717, 1.165) is 42.9 Å². The van der Waals surface area contributed by atoms with E-state index in [1.54, 1.807) is 0 Å². The van der Waals surface area contributed by atoms with Crippen molar-refractivity contribution in [3.63, 3.8) is 0 Å². The van der Waals surface area contributed by atoms with E-state index in [1.807, 2.05) is 12.1 Å². The predicted octanol–water partition coefficient (Wildman–Crippen LogP) is 1.82. The third-order valence-electron chi connectivity index (χ3n) is 3.82. The zero-order chi connectivity index (χ0) is 13.9. The van der Waals surface area contributed by atoms with Crippen LogP contribution in [0.3, 0.4) is 0 Å². The first kappa shape index (κ1) is 13.5. The van der Waals surface area contributed by atoms with Crippen LogP contribution in [0, 0.1) is 0 Å². The molecule has 0 aromatic heterocycles. The maximum Gasteiger partial charge on any atom is 0.231 e. The molecule has 1 aliphatic heterocycles. The van der Waals surface area contributed by atoms with Crippen molar-refractivity contribution < 1.29 is 19.3 Å². The molecule has 1 saturated carbocycles. The number of ether oxygens (including phenoxy) is 3. The largest absolute Gasteiger partial charge is 0.487 e. The highest BCUT2D eigenvalue weighted by molar-refractivity contribution is 5.52. The molecule has 0 amide bonds. The summed E-state index contributed by atoms with van der Waals surface area (Å²) in [7, 11) is 0. The van der Waals surface area contributed by atoms with E-state index < -0.39 is 0 Å². The van der Waals surface area contributed by atoms with E-state index in [2.05, 4.69) is 12.2 Å². The Balaban J connectivity index is 1.83. The van der Waals surface area contributed by atoms with E-state index in [1.165, 1.54) is 0 Å². The number of benzene rings is 1. The molecule has 0 radical (unpaired) electrons. The predicted molar refractivity (Wildman–Crippen MR) is 74.2 cm³/mol. The van der Waals surface area contributed by atoms with Crippen molar-refractivity contribution >= 4 is 0 Å². The second-order valence-electron chi connectivity index (χ2n) is 5.25. The third kappa shape index (κ3) is 2.69. The van der Waals surface area contributed by atoms with Crippen LogP contribution in [0.2, 0.25) is 0 Å². The molecule has 5 heteroatoms. The standard InChI is InChI=1S/C15H21NO4/c1-2-16-8-10-6-14-15(19-9-18-14)7-13(10)20-12-5-3-4-11(12)17/h6-7,11-12,16-17H,2-5,8-9H2,1H3. The van der Waals surface area contributed by atoms with Crippen LogP contribution in [0.5, 0.6) is 17.2 Å². The molecule has 2 aliphatic rings. The fourth-order valence-corrected chi connectivity index (χ4v) is 2.68. The van der Waals surface area contributed by atoms with Crippen molar-refractivity contribution in [2.45, 2.75) is 44.9 Å². The van der Waals surface area contributed by atoms with Gasteiger partial charge < -0.3 is 24.6 Å². The summed E-state index contributed by atoms with van der Waals surface area (Å²) in [6.07, 6.45) is 2.25. The van der Waals surface area contributed by atoms with Gasteiger partial charge in [0.25, 0.3) is 0 Å². The van der Waals surface area contributed by atoms with Gasteiger partial charge in [0, 0.05) is 18.2 Å². The molecule has 110 valence electrons. The normalized spacial score (nSPS) is 24.1. The van der Waals surface area contributed by atoms with Gasteiger partial charge in [0.2, 0.25) is 6.79 Å². The van der Waals surface area contributed by atoms with Crippen molar-refractivity contribution in [1.29, 1.82) is 0 Å². The smallest absolute Gasteiger partial charge is 0.231 e. The van der Waals surface area contributed by atoms with Crippen molar-refractivity contribution in [2.75, 3.05) is 13.3 Å². The summed E-state index contributed by atoms with van der Waals surface area (Å²) < 4.78 is 16.8. The SMILES string of the molecule is CCNCc1cc2c(cc1OC1CCCC1O)OCO2. The first-order chi connectivity index (χ1) is 9.78. The monoisotopic (exact) mass is 279 g/mol. The number of fused-ring (bicyclic) bond motifs is 1. The van der Waals surface area contributed by atoms with Crippen LogP contribution >= 0.6 is 0 Å². The van der Waals surface area contributed by atoms with E-state index in [4.69, 9.17) is 14.2 Å². The summed E-state index contributed by atoms with van der Waals surface area (Å²) in [6.45, 7) is 3.92. The zero-order valence-electron chi connectivity index (χ0n) is 11.7. The molecule has 1 heterocycles. The van der Waals surface area contributed by atoms with E-state index in [9.17, 15) is 5.11 Å². The molecule has 1 aromatic carbocycles. The van der Waals surface area contributed by atoms with Crippen molar-refractivity contribution in [3.05, 3.63) is 17.7 Å². The molecule has 5 nitrogen and oxygen atoms in total. The van der Waals surface area contributed by atoms with Gasteiger partial charge in [-0.1, -0.05) is 6.92 Å². The van der Waals surface area contributed by atoms with E-state index in [-0.39, 0.29) is 19.0 Å². The molecule has 2 atom stereocenters. The molecule has 3 rings (SSSR count). The quantitative estimate of drug-likeness (QED) is 0.861. The maximum absolute atomic E-state index is 9.91. The average Bonchev–Trinajstić information content (AvgIpc) is 3.05. The summed E-state index contributed by atoms with van der Waals surface area (Å²) >= 11 is 0. The lowest BCUT2D eigenvalue weighted by Gasteiger charge is -2.20. The second-order valence-corrected chi connectivity index (χ2v) is 5.25. The van der Waals surface area contributed by atoms with Gasteiger partial charge in [-0.2, -0.15) is 0 Å². The van der Waals surface area contributed by atoms with Gasteiger partial charge in [-0.25, -0.2) is 0 Å². The highest BCUT2D eigenvalue weighted by atomic mass is 16.7. The Hall–Kier alpha value is -1.46. The molecular formula is C15H21NO4. The van der Waals surface area contributed by atoms with Crippen LogP contribution in [0.25, 0.3) is 0 Å². The highest BCUT2D eigenvalue weighted by Crippen LogP contribution is 2.39. The lowest BCUT2D eigenvalue weighted by atomic mass is 10.1. The highest BCUT2D eigenvalue weighted by Gasteiger charge is 2.28. The second kappa shape index (κ2) is 5.89. The Morgan fingerprint density at radius 3 is 2.80 bits per heavy atom. The average molecular weight is 279 g/mol. The van der Waals surface area contributed by atoms with Crippen LogP contribution in [0.4, 0.5) is 0 Å². The first-order valence-electron chi connectivity index (χ1n) is 7.26. The molecule has 0 spiro atoms. The number of hydrogen-bond acceptors (Lipinski definition) is 5. The zero-order valence-corrected chi connectivity index (χ0v) is 11.7. The third-order valence-corrected chi connectivity index (χ3v) is 3.82. The van der Waals surface area contributed by atoms with E-state index in [0.29, 0.717) is 12.3 Å². The molecule has 0 bridgehead atoms. The number of nitrogens with one attached hydrogen (secondary N) is 1. The fourth-order valence-electron chi connectivity index (χ4n) is 2.68. The summed E-state index contributed by atoms with van der Waals surface area (Å²) in [6, 6.07) is 3.84. The van der Waals surface area contributed by atoms with Crippen LogP contribution in [-0.2, 0) is 6.54 Å². The van der Waals surface area contributed by atoms with Crippen LogP contribution < -0.4 is 19.5 Å². The molecule has 0 saturated heterocycles. The summed E-state index contributed by atoms with van der Waals surface area (Å²) in [5.74, 6) is 2.26. The minimum Gasteiger partial charge on any atom is -0.487 e. The Bertz CT molecular complexity index is 477.